The molecule has 1 unspecified atom stereocenters. The van der Waals surface area contributed by atoms with E-state index in [0.717, 1.165) is 30.4 Å². The van der Waals surface area contributed by atoms with Gasteiger partial charge in [0.2, 0.25) is 5.91 Å². The highest BCUT2D eigenvalue weighted by atomic mass is 32.2. The maximum atomic E-state index is 11.7. The van der Waals surface area contributed by atoms with Crippen LogP contribution in [0.15, 0.2) is 4.99 Å². The third kappa shape index (κ3) is 3.70. The van der Waals surface area contributed by atoms with Crippen molar-refractivity contribution in [2.45, 2.75) is 33.2 Å². The molecular formula is C11H21N3OS. The second kappa shape index (κ2) is 6.78. The Morgan fingerprint density at radius 3 is 2.69 bits per heavy atom. The molecule has 1 atom stereocenters. The number of carbonyl (C=O) groups is 1. The van der Waals surface area contributed by atoms with E-state index in [2.05, 4.69) is 17.2 Å². The van der Waals surface area contributed by atoms with Crippen molar-refractivity contribution in [3.8, 4) is 0 Å². The van der Waals surface area contributed by atoms with E-state index in [1.807, 2.05) is 13.8 Å². The van der Waals surface area contributed by atoms with E-state index in [4.69, 9.17) is 0 Å². The van der Waals surface area contributed by atoms with Gasteiger partial charge in [-0.2, -0.15) is 0 Å². The zero-order valence-corrected chi connectivity index (χ0v) is 11.1. The highest BCUT2D eigenvalue weighted by Gasteiger charge is 2.18. The lowest BCUT2D eigenvalue weighted by Gasteiger charge is -2.17. The molecule has 0 aliphatic carbocycles. The zero-order chi connectivity index (χ0) is 12.0. The summed E-state index contributed by atoms with van der Waals surface area (Å²) >= 11 is 1.71. The van der Waals surface area contributed by atoms with Crippen LogP contribution in [0.4, 0.5) is 0 Å². The summed E-state index contributed by atoms with van der Waals surface area (Å²) < 4.78 is 0. The fourth-order valence-electron chi connectivity index (χ4n) is 1.56. The molecule has 1 aliphatic heterocycles. The molecule has 16 heavy (non-hydrogen) atoms. The van der Waals surface area contributed by atoms with Gasteiger partial charge in [0, 0.05) is 24.9 Å². The number of amides is 1. The van der Waals surface area contributed by atoms with Crippen LogP contribution in [0, 0.1) is 0 Å². The summed E-state index contributed by atoms with van der Waals surface area (Å²) in [6, 6.07) is 0.521. The highest BCUT2D eigenvalue weighted by molar-refractivity contribution is 8.14. The largest absolute Gasteiger partial charge is 0.361 e. The molecule has 5 heteroatoms. The molecular weight excluding hydrogens is 222 g/mol. The summed E-state index contributed by atoms with van der Waals surface area (Å²) in [6.07, 6.45) is 1.11. The Morgan fingerprint density at radius 2 is 2.19 bits per heavy atom. The van der Waals surface area contributed by atoms with E-state index in [9.17, 15) is 4.79 Å². The van der Waals surface area contributed by atoms with Crippen LogP contribution in [0.2, 0.25) is 0 Å². The molecule has 1 rings (SSSR count). The normalized spacial score (nSPS) is 22.2. The standard InChI is InChI=1S/C11H21N3OS/c1-4-9-8-16-11(13-9)12-7-10(15)14(5-2)6-3/h9H,4-8H2,1-3H3,(H,12,13). The molecule has 0 aromatic rings. The number of amidine groups is 1. The summed E-state index contributed by atoms with van der Waals surface area (Å²) in [5.41, 5.74) is 0. The number of rotatable bonds is 5. The van der Waals surface area contributed by atoms with Gasteiger partial charge in [0.25, 0.3) is 0 Å². The van der Waals surface area contributed by atoms with Crippen molar-refractivity contribution < 1.29 is 4.79 Å². The minimum absolute atomic E-state index is 0.111. The van der Waals surface area contributed by atoms with E-state index in [0.29, 0.717) is 6.04 Å². The number of carbonyl (C=O) groups excluding carboxylic acids is 1. The predicted molar refractivity (Wildman–Crippen MR) is 69.9 cm³/mol. The molecule has 1 saturated heterocycles. The number of hydrogen-bond acceptors (Lipinski definition) is 3. The Balaban J connectivity index is 2.39. The van der Waals surface area contributed by atoms with Gasteiger partial charge < -0.3 is 10.2 Å². The van der Waals surface area contributed by atoms with Crippen molar-refractivity contribution in [1.82, 2.24) is 10.2 Å². The van der Waals surface area contributed by atoms with Crippen LogP contribution in [-0.2, 0) is 4.79 Å². The number of aliphatic imine (C=N–C) groups is 1. The lowest BCUT2D eigenvalue weighted by molar-refractivity contribution is -0.129. The summed E-state index contributed by atoms with van der Waals surface area (Å²) in [6.45, 7) is 7.93. The quantitative estimate of drug-likeness (QED) is 0.792. The summed E-state index contributed by atoms with van der Waals surface area (Å²) in [7, 11) is 0. The lowest BCUT2D eigenvalue weighted by atomic mass is 10.3. The third-order valence-electron chi connectivity index (χ3n) is 2.72. The maximum absolute atomic E-state index is 11.7. The van der Waals surface area contributed by atoms with Gasteiger partial charge in [0.15, 0.2) is 5.17 Å². The van der Waals surface area contributed by atoms with E-state index in [-0.39, 0.29) is 12.5 Å². The van der Waals surface area contributed by atoms with E-state index in [1.54, 1.807) is 16.7 Å². The molecule has 92 valence electrons. The first-order valence-electron chi connectivity index (χ1n) is 5.92. The maximum Gasteiger partial charge on any atom is 0.244 e. The summed E-state index contributed by atoms with van der Waals surface area (Å²) in [4.78, 5) is 17.8. The van der Waals surface area contributed by atoms with Crippen LogP contribution in [0.3, 0.4) is 0 Å². The minimum Gasteiger partial charge on any atom is -0.361 e. The fraction of sp³-hybridized carbons (Fsp3) is 0.818. The van der Waals surface area contributed by atoms with Gasteiger partial charge in [-0.1, -0.05) is 18.7 Å². The topological polar surface area (TPSA) is 44.7 Å². The molecule has 1 aliphatic rings. The predicted octanol–water partition coefficient (Wildman–Crippen LogP) is 1.33. The van der Waals surface area contributed by atoms with Crippen LogP contribution in [0.1, 0.15) is 27.2 Å². The van der Waals surface area contributed by atoms with Gasteiger partial charge in [-0.25, -0.2) is 0 Å². The summed E-state index contributed by atoms with van der Waals surface area (Å²) in [5, 5.41) is 4.24. The Morgan fingerprint density at radius 1 is 1.50 bits per heavy atom. The Labute approximate surface area is 102 Å². The molecule has 0 aromatic heterocycles. The van der Waals surface area contributed by atoms with Crippen molar-refractivity contribution in [2.75, 3.05) is 25.4 Å². The van der Waals surface area contributed by atoms with Crippen LogP contribution in [0.5, 0.6) is 0 Å². The monoisotopic (exact) mass is 243 g/mol. The Kier molecular flexibility index (Phi) is 5.66. The number of likely N-dealkylation sites (N-methyl/N-ethyl adjacent to an activating group) is 1. The van der Waals surface area contributed by atoms with Crippen molar-refractivity contribution in [3.05, 3.63) is 0 Å². The smallest absolute Gasteiger partial charge is 0.244 e. The SMILES string of the molecule is CCC1CSC(=NCC(=O)N(CC)CC)N1. The van der Waals surface area contributed by atoms with E-state index in [1.165, 1.54) is 0 Å². The molecule has 0 bridgehead atoms. The molecule has 1 fully saturated rings. The highest BCUT2D eigenvalue weighted by Crippen LogP contribution is 2.15. The first-order valence-corrected chi connectivity index (χ1v) is 6.91. The second-order valence-electron chi connectivity index (χ2n) is 3.75. The van der Waals surface area contributed by atoms with Gasteiger partial charge in [-0.05, 0) is 20.3 Å². The summed E-state index contributed by atoms with van der Waals surface area (Å²) in [5.74, 6) is 1.18. The van der Waals surface area contributed by atoms with Crippen LogP contribution >= 0.6 is 11.8 Å². The Hall–Kier alpha value is -0.710. The van der Waals surface area contributed by atoms with E-state index < -0.39 is 0 Å². The van der Waals surface area contributed by atoms with Crippen LogP contribution in [-0.4, -0.2) is 47.4 Å². The van der Waals surface area contributed by atoms with Gasteiger partial charge >= 0.3 is 0 Å². The van der Waals surface area contributed by atoms with Gasteiger partial charge in [-0.15, -0.1) is 0 Å². The fourth-order valence-corrected chi connectivity index (χ4v) is 2.65. The van der Waals surface area contributed by atoms with Crippen molar-refractivity contribution in [2.24, 2.45) is 4.99 Å². The van der Waals surface area contributed by atoms with Gasteiger partial charge in [0.05, 0.1) is 0 Å². The van der Waals surface area contributed by atoms with Gasteiger partial charge in [0.1, 0.15) is 6.54 Å². The molecule has 1 heterocycles. The number of nitrogens with one attached hydrogen (secondary N) is 1. The van der Waals surface area contributed by atoms with Gasteiger partial charge in [-0.3, -0.25) is 9.79 Å². The molecule has 0 saturated carbocycles. The van der Waals surface area contributed by atoms with Crippen molar-refractivity contribution in [3.63, 3.8) is 0 Å². The number of nitrogens with zero attached hydrogens (tertiary/aromatic N) is 2. The van der Waals surface area contributed by atoms with Crippen molar-refractivity contribution >= 4 is 22.8 Å². The molecule has 1 N–H and O–H groups in total. The third-order valence-corrected chi connectivity index (χ3v) is 3.81. The van der Waals surface area contributed by atoms with Crippen molar-refractivity contribution in [1.29, 1.82) is 0 Å². The molecule has 4 nitrogen and oxygen atoms in total. The molecule has 0 radical (unpaired) electrons. The average molecular weight is 243 g/mol. The molecule has 1 amide bonds. The average Bonchev–Trinajstić information content (AvgIpc) is 2.76. The second-order valence-corrected chi connectivity index (χ2v) is 4.76. The number of thioether (sulfide) groups is 1. The Bertz CT molecular complexity index is 264. The van der Waals surface area contributed by atoms with E-state index >= 15 is 0 Å². The van der Waals surface area contributed by atoms with Crippen LogP contribution < -0.4 is 5.32 Å². The first-order chi connectivity index (χ1) is 7.71. The minimum atomic E-state index is 0.111. The number of hydrogen-bond donors (Lipinski definition) is 1. The zero-order valence-electron chi connectivity index (χ0n) is 10.3. The molecule has 0 aromatic carbocycles. The molecule has 0 spiro atoms. The lowest BCUT2D eigenvalue weighted by Crippen LogP contribution is -2.33. The first kappa shape index (κ1) is 13.4. The van der Waals surface area contributed by atoms with Crippen LogP contribution in [0.25, 0.3) is 0 Å².